The van der Waals surface area contributed by atoms with Crippen molar-refractivity contribution in [2.24, 2.45) is 5.73 Å². The highest BCUT2D eigenvalue weighted by atomic mass is 127. The molecule has 0 saturated heterocycles. The van der Waals surface area contributed by atoms with Gasteiger partial charge in [0.1, 0.15) is 0 Å². The molecule has 0 aliphatic carbocycles. The minimum atomic E-state index is -0.367. The molecular weight excluding hydrogens is 323 g/mol. The van der Waals surface area contributed by atoms with Gasteiger partial charge in [0.05, 0.1) is 8.93 Å². The third kappa shape index (κ3) is 4.48. The van der Waals surface area contributed by atoms with E-state index in [1.54, 1.807) is 11.3 Å². The fraction of sp³-hybridized carbons (Fsp3) is 0.500. The highest BCUT2D eigenvalue weighted by molar-refractivity contribution is 14.1. The first kappa shape index (κ1) is 12.9. The molecule has 1 rings (SSSR count). The Labute approximate surface area is 108 Å². The third-order valence-electron chi connectivity index (χ3n) is 2.08. The summed E-state index contributed by atoms with van der Waals surface area (Å²) in [6.45, 7) is 2.58. The SMILES string of the molecule is CC[C@H](N)C(=O)NCCc1ccc(I)s1. The molecule has 3 N–H and O–H groups in total. The molecule has 1 aromatic rings. The number of carbonyl (C=O) groups is 1. The number of carbonyl (C=O) groups excluding carboxylic acids is 1. The first-order valence-corrected chi connectivity index (χ1v) is 6.80. The van der Waals surface area contributed by atoms with E-state index in [2.05, 4.69) is 40.0 Å². The summed E-state index contributed by atoms with van der Waals surface area (Å²) in [5, 5.41) is 2.83. The summed E-state index contributed by atoms with van der Waals surface area (Å²) >= 11 is 4.05. The van der Waals surface area contributed by atoms with Crippen LogP contribution >= 0.6 is 33.9 Å². The standard InChI is InChI=1S/C10H15IN2OS/c1-2-8(12)10(14)13-6-5-7-3-4-9(11)15-7/h3-4,8H,2,5-6,12H2,1H3,(H,13,14)/t8-/m0/s1. The van der Waals surface area contributed by atoms with Crippen LogP contribution in [0, 0.1) is 2.88 Å². The van der Waals surface area contributed by atoms with E-state index >= 15 is 0 Å². The Kier molecular flexibility index (Phi) is 5.55. The predicted molar refractivity (Wildman–Crippen MR) is 72.0 cm³/mol. The maximum Gasteiger partial charge on any atom is 0.236 e. The van der Waals surface area contributed by atoms with Crippen molar-refractivity contribution in [2.45, 2.75) is 25.8 Å². The van der Waals surface area contributed by atoms with Crippen LogP contribution in [0.5, 0.6) is 0 Å². The Bertz CT molecular complexity index is 327. The average molecular weight is 338 g/mol. The van der Waals surface area contributed by atoms with Crippen molar-refractivity contribution in [3.05, 3.63) is 19.9 Å². The van der Waals surface area contributed by atoms with Crippen molar-refractivity contribution in [2.75, 3.05) is 6.54 Å². The lowest BCUT2D eigenvalue weighted by Gasteiger charge is -2.08. The number of halogens is 1. The van der Waals surface area contributed by atoms with E-state index in [9.17, 15) is 4.79 Å². The molecule has 15 heavy (non-hydrogen) atoms. The summed E-state index contributed by atoms with van der Waals surface area (Å²) in [6, 6.07) is 3.81. The van der Waals surface area contributed by atoms with E-state index in [0.29, 0.717) is 13.0 Å². The van der Waals surface area contributed by atoms with E-state index in [1.807, 2.05) is 6.92 Å². The Morgan fingerprint density at radius 2 is 2.40 bits per heavy atom. The third-order valence-corrected chi connectivity index (χ3v) is 4.03. The lowest BCUT2D eigenvalue weighted by molar-refractivity contribution is -0.122. The number of nitrogens with two attached hydrogens (primary N) is 1. The molecule has 1 amide bonds. The monoisotopic (exact) mass is 338 g/mol. The zero-order chi connectivity index (χ0) is 11.3. The van der Waals surface area contributed by atoms with E-state index in [-0.39, 0.29) is 11.9 Å². The summed E-state index contributed by atoms with van der Waals surface area (Å²) in [5.41, 5.74) is 5.59. The second-order valence-electron chi connectivity index (χ2n) is 3.26. The summed E-state index contributed by atoms with van der Waals surface area (Å²) in [4.78, 5) is 12.6. The van der Waals surface area contributed by atoms with Crippen molar-refractivity contribution in [3.8, 4) is 0 Å². The first-order valence-electron chi connectivity index (χ1n) is 4.91. The van der Waals surface area contributed by atoms with Gasteiger partial charge >= 0.3 is 0 Å². The van der Waals surface area contributed by atoms with Gasteiger partial charge in [-0.1, -0.05) is 6.92 Å². The molecule has 1 atom stereocenters. The van der Waals surface area contributed by atoms with Crippen molar-refractivity contribution in [1.29, 1.82) is 0 Å². The fourth-order valence-corrected chi connectivity index (χ4v) is 2.87. The molecule has 0 spiro atoms. The molecule has 0 saturated carbocycles. The van der Waals surface area contributed by atoms with Crippen LogP contribution in [-0.4, -0.2) is 18.5 Å². The summed E-state index contributed by atoms with van der Waals surface area (Å²) in [6.07, 6.45) is 1.57. The van der Waals surface area contributed by atoms with E-state index < -0.39 is 0 Å². The molecule has 0 fully saturated rings. The van der Waals surface area contributed by atoms with Crippen LogP contribution in [0.1, 0.15) is 18.2 Å². The highest BCUT2D eigenvalue weighted by Crippen LogP contribution is 2.18. The number of nitrogens with one attached hydrogen (secondary N) is 1. The van der Waals surface area contributed by atoms with Crippen LogP contribution in [-0.2, 0) is 11.2 Å². The molecule has 0 aliphatic rings. The van der Waals surface area contributed by atoms with Gasteiger partial charge in [-0.05, 0) is 47.6 Å². The van der Waals surface area contributed by atoms with Crippen molar-refractivity contribution >= 4 is 39.8 Å². The lowest BCUT2D eigenvalue weighted by Crippen LogP contribution is -2.40. The molecule has 84 valence electrons. The van der Waals surface area contributed by atoms with Gasteiger partial charge in [-0.25, -0.2) is 0 Å². The summed E-state index contributed by atoms with van der Waals surface area (Å²) in [7, 11) is 0. The number of amides is 1. The molecule has 1 heterocycles. The summed E-state index contributed by atoms with van der Waals surface area (Å²) < 4.78 is 1.28. The Balaban J connectivity index is 2.24. The van der Waals surface area contributed by atoms with Gasteiger partial charge in [0.2, 0.25) is 5.91 Å². The molecular formula is C10H15IN2OS. The van der Waals surface area contributed by atoms with Gasteiger partial charge in [-0.15, -0.1) is 11.3 Å². The molecule has 0 radical (unpaired) electrons. The predicted octanol–water partition coefficient (Wildman–Crippen LogP) is 1.75. The van der Waals surface area contributed by atoms with E-state index in [1.165, 1.54) is 7.76 Å². The maximum atomic E-state index is 11.3. The van der Waals surface area contributed by atoms with Gasteiger partial charge in [0, 0.05) is 11.4 Å². The minimum Gasteiger partial charge on any atom is -0.354 e. The van der Waals surface area contributed by atoms with Crippen molar-refractivity contribution in [1.82, 2.24) is 5.32 Å². The highest BCUT2D eigenvalue weighted by Gasteiger charge is 2.09. The molecule has 0 aliphatic heterocycles. The molecule has 5 heteroatoms. The topological polar surface area (TPSA) is 55.1 Å². The summed E-state index contributed by atoms with van der Waals surface area (Å²) in [5.74, 6) is -0.0521. The number of thiophene rings is 1. The minimum absolute atomic E-state index is 0.0521. The zero-order valence-corrected chi connectivity index (χ0v) is 11.6. The normalized spacial score (nSPS) is 12.5. The van der Waals surface area contributed by atoms with Gasteiger partial charge in [0.25, 0.3) is 0 Å². The van der Waals surface area contributed by atoms with Crippen molar-refractivity contribution < 1.29 is 4.79 Å². The molecule has 0 bridgehead atoms. The Morgan fingerprint density at radius 3 is 2.93 bits per heavy atom. The van der Waals surface area contributed by atoms with Crippen LogP contribution in [0.2, 0.25) is 0 Å². The quantitative estimate of drug-likeness (QED) is 0.804. The van der Waals surface area contributed by atoms with Crippen LogP contribution in [0.3, 0.4) is 0 Å². The zero-order valence-electron chi connectivity index (χ0n) is 8.63. The Hall–Kier alpha value is -0.140. The van der Waals surface area contributed by atoms with Crippen LogP contribution in [0.25, 0.3) is 0 Å². The second-order valence-corrected chi connectivity index (χ2v) is 6.32. The molecule has 0 aromatic carbocycles. The molecule has 0 unspecified atom stereocenters. The molecule has 1 aromatic heterocycles. The number of hydrogen-bond donors (Lipinski definition) is 2. The maximum absolute atomic E-state index is 11.3. The first-order chi connectivity index (χ1) is 7.13. The van der Waals surface area contributed by atoms with E-state index in [0.717, 1.165) is 6.42 Å². The largest absolute Gasteiger partial charge is 0.354 e. The fourth-order valence-electron chi connectivity index (χ4n) is 1.11. The van der Waals surface area contributed by atoms with Crippen molar-refractivity contribution in [3.63, 3.8) is 0 Å². The van der Waals surface area contributed by atoms with Gasteiger partial charge < -0.3 is 11.1 Å². The Morgan fingerprint density at radius 1 is 1.67 bits per heavy atom. The number of rotatable bonds is 5. The lowest BCUT2D eigenvalue weighted by atomic mass is 10.2. The van der Waals surface area contributed by atoms with Crippen LogP contribution in [0.15, 0.2) is 12.1 Å². The second kappa shape index (κ2) is 6.44. The van der Waals surface area contributed by atoms with Gasteiger partial charge in [0.15, 0.2) is 0 Å². The van der Waals surface area contributed by atoms with Crippen LogP contribution < -0.4 is 11.1 Å². The average Bonchev–Trinajstić information content (AvgIpc) is 2.63. The van der Waals surface area contributed by atoms with E-state index in [4.69, 9.17) is 5.73 Å². The van der Waals surface area contributed by atoms with Gasteiger partial charge in [-0.3, -0.25) is 4.79 Å². The van der Waals surface area contributed by atoms with Gasteiger partial charge in [-0.2, -0.15) is 0 Å². The van der Waals surface area contributed by atoms with Crippen LogP contribution in [0.4, 0.5) is 0 Å². The molecule has 3 nitrogen and oxygen atoms in total. The smallest absolute Gasteiger partial charge is 0.236 e. The number of hydrogen-bond acceptors (Lipinski definition) is 3.